The van der Waals surface area contributed by atoms with E-state index in [4.69, 9.17) is 25.7 Å². The zero-order valence-electron chi connectivity index (χ0n) is 37.4. The molecule has 0 unspecified atom stereocenters. The smallest absolute Gasteiger partial charge is 0.338 e. The highest BCUT2D eigenvalue weighted by Crippen LogP contribution is 2.46. The van der Waals surface area contributed by atoms with Crippen molar-refractivity contribution in [2.24, 2.45) is 29.2 Å². The van der Waals surface area contributed by atoms with Crippen molar-refractivity contribution >= 4 is 50.9 Å². The van der Waals surface area contributed by atoms with Gasteiger partial charge in [-0.05, 0) is 96.5 Å². The summed E-state index contributed by atoms with van der Waals surface area (Å²) in [5, 5.41) is 7.02. The summed E-state index contributed by atoms with van der Waals surface area (Å²) in [5.74, 6) is -1.19. The molecule has 65 heavy (non-hydrogen) atoms. The van der Waals surface area contributed by atoms with E-state index in [1.807, 2.05) is 72.8 Å². The van der Waals surface area contributed by atoms with Gasteiger partial charge in [-0.15, -0.1) is 6.58 Å². The maximum Gasteiger partial charge on any atom is 0.338 e. The molecular weight excluding hydrogens is 819 g/mol. The van der Waals surface area contributed by atoms with Gasteiger partial charge in [-0.2, -0.15) is 0 Å². The summed E-state index contributed by atoms with van der Waals surface area (Å²) in [6.07, 6.45) is 7.60. The Balaban J connectivity index is 1.20. The number of benzene rings is 5. The van der Waals surface area contributed by atoms with Crippen LogP contribution in [0.25, 0.3) is 32.7 Å². The Kier molecular flexibility index (Phi) is 18.1. The largest absolute Gasteiger partial charge is 0.493 e. The van der Waals surface area contributed by atoms with Crippen LogP contribution in [0.2, 0.25) is 0 Å². The van der Waals surface area contributed by atoms with Gasteiger partial charge in [0.15, 0.2) is 11.6 Å². The number of unbranched alkanes of at least 4 members (excludes halogenated alkanes) is 1. The third kappa shape index (κ3) is 13.7. The normalized spacial score (nSPS) is 13.8. The van der Waals surface area contributed by atoms with E-state index in [1.54, 1.807) is 6.08 Å². The second-order valence-corrected chi connectivity index (χ2v) is 17.1. The highest BCUT2D eigenvalue weighted by Gasteiger charge is 2.31. The number of nitrogens with two attached hydrogens (primary N) is 2. The summed E-state index contributed by atoms with van der Waals surface area (Å²) in [4.78, 5) is 58.4. The van der Waals surface area contributed by atoms with Crippen LogP contribution in [0.1, 0.15) is 76.2 Å². The first-order valence-corrected chi connectivity index (χ1v) is 23.0. The van der Waals surface area contributed by atoms with E-state index in [0.717, 1.165) is 63.2 Å². The van der Waals surface area contributed by atoms with Gasteiger partial charge >= 0.3 is 11.9 Å². The van der Waals surface area contributed by atoms with Gasteiger partial charge in [0, 0.05) is 29.9 Å². The van der Waals surface area contributed by atoms with Gasteiger partial charge in [-0.1, -0.05) is 103 Å². The second-order valence-electron chi connectivity index (χ2n) is 17.1. The van der Waals surface area contributed by atoms with E-state index < -0.39 is 29.8 Å². The Morgan fingerprint density at radius 1 is 0.769 bits per heavy atom. The van der Waals surface area contributed by atoms with Crippen molar-refractivity contribution < 1.29 is 44.1 Å². The number of ether oxygens (including phenoxy) is 3. The van der Waals surface area contributed by atoms with Crippen LogP contribution in [0.4, 0.5) is 0 Å². The lowest BCUT2D eigenvalue weighted by molar-refractivity contribution is -0.459. The standard InChI is InChI=1S/C53H63N5O7/c1-2-14-41(52(62)65-34-36-15-4-3-5-16-36)32-46(60)45(24-13-30-57-53(55)56)58-51(61)40(21-10-11-29-54)31-42(59)35-64-48-28-26-39-20-7-9-23-44(39)50(48)49-43-22-8-6-19-38(43)25-27-47(49)63-33-37-17-12-18-37/h2-9,15-16,19-20,22-23,25-28,37,40-41,45H,1,10-14,17-18,21,24,29-35,54H2,(H,58,61)(H4,55,56,57)/p+2/t40-,41+,45+/m0/s1. The third-order valence-electron chi connectivity index (χ3n) is 12.2. The SMILES string of the molecule is C=CC[C@H](CC(=O)[C@@H](CCC[NH+]=C(N)N)NC(=O)[C@@H](CCCC[NH3+])CC(=O)COc1ccc2ccccc2c1-c1c(OCC2CCC2)ccc2ccccc12)C(=O)OCc1ccccc1. The molecule has 1 aliphatic carbocycles. The van der Waals surface area contributed by atoms with Crippen molar-refractivity contribution in [1.82, 2.24) is 5.32 Å². The van der Waals surface area contributed by atoms with Gasteiger partial charge in [0.1, 0.15) is 24.7 Å². The lowest BCUT2D eigenvalue weighted by atomic mass is 9.86. The average molecular weight is 884 g/mol. The van der Waals surface area contributed by atoms with E-state index in [9.17, 15) is 19.2 Å². The summed E-state index contributed by atoms with van der Waals surface area (Å²) < 4.78 is 18.7. The monoisotopic (exact) mass is 883 g/mol. The summed E-state index contributed by atoms with van der Waals surface area (Å²) in [5.41, 5.74) is 17.8. The fraction of sp³-hybridized carbons (Fsp3) is 0.377. The summed E-state index contributed by atoms with van der Waals surface area (Å²) in [6.45, 7) is 5.26. The van der Waals surface area contributed by atoms with Gasteiger partial charge in [0.05, 0.1) is 31.7 Å². The molecule has 1 aliphatic rings. The van der Waals surface area contributed by atoms with Gasteiger partial charge in [0.25, 0.3) is 0 Å². The number of ketones is 2. The molecule has 5 aromatic rings. The number of carbonyl (C=O) groups excluding carboxylic acids is 4. The molecule has 3 atom stereocenters. The van der Waals surface area contributed by atoms with Crippen LogP contribution < -0.4 is 37.0 Å². The third-order valence-corrected chi connectivity index (χ3v) is 12.2. The Hall–Kier alpha value is -6.53. The molecule has 6 rings (SSSR count). The first kappa shape index (κ1) is 47.9. The van der Waals surface area contributed by atoms with E-state index in [2.05, 4.69) is 53.0 Å². The molecule has 0 bridgehead atoms. The molecule has 0 radical (unpaired) electrons. The quantitative estimate of drug-likeness (QED) is 0.0144. The number of guanidine groups is 1. The molecule has 0 aromatic heterocycles. The van der Waals surface area contributed by atoms with Crippen LogP contribution in [0.15, 0.2) is 116 Å². The number of esters is 1. The Labute approximate surface area is 382 Å². The van der Waals surface area contributed by atoms with Crippen molar-refractivity contribution in [3.05, 3.63) is 121 Å². The number of rotatable bonds is 27. The molecule has 9 N–H and O–H groups in total. The highest BCUT2D eigenvalue weighted by atomic mass is 16.5. The Morgan fingerprint density at radius 3 is 2.03 bits per heavy atom. The summed E-state index contributed by atoms with van der Waals surface area (Å²) in [6, 6.07) is 32.6. The molecule has 0 aliphatic heterocycles. The molecule has 0 saturated heterocycles. The fourth-order valence-corrected chi connectivity index (χ4v) is 8.35. The molecule has 1 saturated carbocycles. The minimum atomic E-state index is -0.944. The number of Topliss-reactive ketones (excluding diaryl/α,β-unsaturated/α-hetero) is 2. The first-order valence-electron chi connectivity index (χ1n) is 23.0. The van der Waals surface area contributed by atoms with Crippen molar-refractivity contribution in [2.45, 2.75) is 83.3 Å². The predicted molar refractivity (Wildman–Crippen MR) is 254 cm³/mol. The number of quaternary nitrogens is 1. The zero-order chi connectivity index (χ0) is 46.0. The molecule has 5 aromatic carbocycles. The molecule has 1 amide bonds. The highest BCUT2D eigenvalue weighted by molar-refractivity contribution is 6.10. The number of hydrogen-bond acceptors (Lipinski definition) is 7. The van der Waals surface area contributed by atoms with E-state index in [0.29, 0.717) is 50.6 Å². The molecule has 12 nitrogen and oxygen atoms in total. The maximum absolute atomic E-state index is 14.2. The number of carbonyl (C=O) groups is 4. The average Bonchev–Trinajstić information content (AvgIpc) is 3.30. The molecule has 342 valence electrons. The number of fused-ring (bicyclic) bond motifs is 2. The molecular formula is C53H65N5O7+2. The van der Waals surface area contributed by atoms with Crippen LogP contribution in [0, 0.1) is 17.8 Å². The molecule has 12 heteroatoms. The maximum atomic E-state index is 14.2. The zero-order valence-corrected chi connectivity index (χ0v) is 37.4. The van der Waals surface area contributed by atoms with Gasteiger partial charge in [-0.25, -0.2) is 0 Å². The molecule has 1 fully saturated rings. The Bertz CT molecular complexity index is 2430. The van der Waals surface area contributed by atoms with Crippen LogP contribution in [-0.2, 0) is 30.5 Å². The van der Waals surface area contributed by atoms with Crippen molar-refractivity contribution in [3.63, 3.8) is 0 Å². The first-order chi connectivity index (χ1) is 31.6. The van der Waals surface area contributed by atoms with Crippen molar-refractivity contribution in [3.8, 4) is 22.6 Å². The number of nitrogens with one attached hydrogen (secondary N) is 2. The van der Waals surface area contributed by atoms with Crippen molar-refractivity contribution in [1.29, 1.82) is 0 Å². The topological polar surface area (TPSA) is 202 Å². The van der Waals surface area contributed by atoms with Crippen LogP contribution >= 0.6 is 0 Å². The van der Waals surface area contributed by atoms with Gasteiger partial charge in [-0.3, -0.25) is 35.6 Å². The van der Waals surface area contributed by atoms with Crippen LogP contribution in [0.5, 0.6) is 11.5 Å². The fourth-order valence-electron chi connectivity index (χ4n) is 8.35. The Morgan fingerprint density at radius 2 is 1.42 bits per heavy atom. The van der Waals surface area contributed by atoms with Gasteiger partial charge < -0.3 is 25.3 Å². The number of hydrogen-bond donors (Lipinski definition) is 5. The second kappa shape index (κ2) is 24.5. The molecule has 0 heterocycles. The number of amides is 1. The lowest BCUT2D eigenvalue weighted by Gasteiger charge is -2.26. The lowest BCUT2D eigenvalue weighted by Crippen LogP contribution is -2.78. The van der Waals surface area contributed by atoms with E-state index >= 15 is 0 Å². The summed E-state index contributed by atoms with van der Waals surface area (Å²) >= 11 is 0. The van der Waals surface area contributed by atoms with Crippen molar-refractivity contribution in [2.75, 3.05) is 26.3 Å². The number of allylic oxidation sites excluding steroid dienone is 1. The van der Waals surface area contributed by atoms with E-state index in [-0.39, 0.29) is 56.4 Å². The predicted octanol–water partition coefficient (Wildman–Crippen LogP) is 5.72. The van der Waals surface area contributed by atoms with Gasteiger partial charge in [0.2, 0.25) is 5.91 Å². The van der Waals surface area contributed by atoms with Crippen LogP contribution in [0.3, 0.4) is 0 Å². The molecule has 0 spiro atoms. The summed E-state index contributed by atoms with van der Waals surface area (Å²) in [7, 11) is 0. The minimum absolute atomic E-state index is 0.0426. The van der Waals surface area contributed by atoms with Crippen LogP contribution in [-0.4, -0.2) is 61.7 Å². The minimum Gasteiger partial charge on any atom is -0.493 e. The van der Waals surface area contributed by atoms with E-state index in [1.165, 1.54) is 6.42 Å².